The third-order valence-electron chi connectivity index (χ3n) is 6.55. The molecule has 4 rings (SSSR count). The van der Waals surface area contributed by atoms with Gasteiger partial charge in [-0.3, -0.25) is 4.79 Å². The van der Waals surface area contributed by atoms with Gasteiger partial charge in [-0.25, -0.2) is 0 Å². The summed E-state index contributed by atoms with van der Waals surface area (Å²) in [6.07, 6.45) is 3.82. The zero-order valence-corrected chi connectivity index (χ0v) is 16.7. The molecule has 3 aliphatic rings. The van der Waals surface area contributed by atoms with E-state index in [1.54, 1.807) is 19.2 Å². The Morgan fingerprint density at radius 2 is 2.30 bits per heavy atom. The fraction of sp³-hybridized carbons (Fsp3) is 0.762. The summed E-state index contributed by atoms with van der Waals surface area (Å²) in [6.45, 7) is 8.91. The van der Waals surface area contributed by atoms with E-state index in [1.807, 2.05) is 0 Å². The number of carbonyl (C=O) groups excluding carboxylic acids is 1. The number of hydrogen-bond donors (Lipinski definition) is 1. The number of methoxy groups -OCH3 is 1. The highest BCUT2D eigenvalue weighted by atomic mass is 16.5. The van der Waals surface area contributed by atoms with Crippen LogP contribution in [-0.4, -0.2) is 55.8 Å². The van der Waals surface area contributed by atoms with E-state index in [0.29, 0.717) is 42.6 Å². The summed E-state index contributed by atoms with van der Waals surface area (Å²) in [7, 11) is 1.61. The highest BCUT2D eigenvalue weighted by molar-refractivity contribution is 5.91. The first kappa shape index (κ1) is 19.0. The molecule has 1 aromatic heterocycles. The van der Waals surface area contributed by atoms with E-state index in [0.717, 1.165) is 32.0 Å². The SMILES string of the molecule is COCc1ccc(C(=O)NC[C@H]2[C@H]3CN(CCC(C)C)C[C@]34CC[C@H]2O4)o1. The van der Waals surface area contributed by atoms with Gasteiger partial charge in [0.05, 0.1) is 11.7 Å². The quantitative estimate of drug-likeness (QED) is 0.756. The number of likely N-dealkylation sites (tertiary alicyclic amines) is 1. The van der Waals surface area contributed by atoms with Crippen molar-refractivity contribution in [2.75, 3.05) is 33.3 Å². The lowest BCUT2D eigenvalue weighted by Gasteiger charge is -2.29. The number of nitrogens with one attached hydrogen (secondary N) is 1. The summed E-state index contributed by atoms with van der Waals surface area (Å²) in [5.41, 5.74) is 0.0351. The topological polar surface area (TPSA) is 63.9 Å². The third kappa shape index (κ3) is 3.67. The molecule has 0 aliphatic carbocycles. The number of amides is 1. The van der Waals surface area contributed by atoms with E-state index in [1.165, 1.54) is 12.8 Å². The van der Waals surface area contributed by atoms with Gasteiger partial charge in [0.25, 0.3) is 5.91 Å². The van der Waals surface area contributed by atoms with Gasteiger partial charge in [-0.15, -0.1) is 0 Å². The zero-order chi connectivity index (χ0) is 19.0. The van der Waals surface area contributed by atoms with Crippen molar-refractivity contribution >= 4 is 5.91 Å². The molecular formula is C21H32N2O4. The van der Waals surface area contributed by atoms with Crippen LogP contribution >= 0.6 is 0 Å². The molecule has 2 bridgehead atoms. The lowest BCUT2D eigenvalue weighted by molar-refractivity contribution is 0.00247. The van der Waals surface area contributed by atoms with Crippen molar-refractivity contribution in [2.24, 2.45) is 17.8 Å². The van der Waals surface area contributed by atoms with Gasteiger partial charge >= 0.3 is 0 Å². The van der Waals surface area contributed by atoms with Crippen LogP contribution in [-0.2, 0) is 16.1 Å². The number of carbonyl (C=O) groups is 1. The molecule has 6 heteroatoms. The van der Waals surface area contributed by atoms with E-state index in [-0.39, 0.29) is 11.5 Å². The molecule has 3 fully saturated rings. The fourth-order valence-electron chi connectivity index (χ4n) is 5.19. The van der Waals surface area contributed by atoms with Gasteiger partial charge in [0, 0.05) is 38.6 Å². The molecule has 3 aliphatic heterocycles. The number of ether oxygens (including phenoxy) is 2. The van der Waals surface area contributed by atoms with Crippen molar-refractivity contribution in [1.29, 1.82) is 0 Å². The van der Waals surface area contributed by atoms with Gasteiger partial charge in [0.2, 0.25) is 0 Å². The second-order valence-corrected chi connectivity index (χ2v) is 8.86. The van der Waals surface area contributed by atoms with Crippen LogP contribution in [0, 0.1) is 17.8 Å². The van der Waals surface area contributed by atoms with Crippen LogP contribution in [0.4, 0.5) is 0 Å². The molecule has 1 spiro atoms. The molecule has 27 heavy (non-hydrogen) atoms. The molecule has 1 amide bonds. The van der Waals surface area contributed by atoms with E-state index < -0.39 is 0 Å². The number of nitrogens with zero attached hydrogens (tertiary/aromatic N) is 1. The standard InChI is InChI=1S/C21H32N2O4/c1-14(2)7-9-23-11-17-16(18-6-8-21(17,13-23)27-18)10-22-20(24)19-5-4-15(26-19)12-25-3/h4-5,14,16-18H,6-13H2,1-3H3,(H,22,24)/t16-,17+,18+,21+/m0/s1. The summed E-state index contributed by atoms with van der Waals surface area (Å²) in [5, 5.41) is 3.08. The molecular weight excluding hydrogens is 344 g/mol. The number of furan rings is 1. The van der Waals surface area contributed by atoms with Crippen molar-refractivity contribution in [1.82, 2.24) is 10.2 Å². The van der Waals surface area contributed by atoms with Crippen LogP contribution < -0.4 is 5.32 Å². The van der Waals surface area contributed by atoms with Crippen LogP contribution in [0.2, 0.25) is 0 Å². The first-order chi connectivity index (χ1) is 13.0. The number of fused-ring (bicyclic) bond motifs is 1. The molecule has 3 saturated heterocycles. The summed E-state index contributed by atoms with van der Waals surface area (Å²) >= 11 is 0. The Balaban J connectivity index is 1.34. The smallest absolute Gasteiger partial charge is 0.287 e. The van der Waals surface area contributed by atoms with Gasteiger partial charge < -0.3 is 24.1 Å². The third-order valence-corrected chi connectivity index (χ3v) is 6.55. The Kier molecular flexibility index (Phi) is 5.32. The molecule has 1 N–H and O–H groups in total. The zero-order valence-electron chi connectivity index (χ0n) is 16.7. The fourth-order valence-corrected chi connectivity index (χ4v) is 5.19. The Labute approximate surface area is 161 Å². The summed E-state index contributed by atoms with van der Waals surface area (Å²) in [5.74, 6) is 2.53. The van der Waals surface area contributed by atoms with Crippen molar-refractivity contribution in [3.63, 3.8) is 0 Å². The van der Waals surface area contributed by atoms with E-state index >= 15 is 0 Å². The van der Waals surface area contributed by atoms with Gasteiger partial charge in [0.15, 0.2) is 5.76 Å². The molecule has 4 heterocycles. The predicted octanol–water partition coefficient (Wildman–Crippen LogP) is 2.68. The average molecular weight is 376 g/mol. The average Bonchev–Trinajstić information content (AvgIpc) is 3.38. The summed E-state index contributed by atoms with van der Waals surface area (Å²) in [6, 6.07) is 3.50. The minimum absolute atomic E-state index is 0.0351. The van der Waals surface area contributed by atoms with Crippen LogP contribution in [0.25, 0.3) is 0 Å². The van der Waals surface area contributed by atoms with Crippen molar-refractivity contribution in [3.05, 3.63) is 23.7 Å². The van der Waals surface area contributed by atoms with E-state index in [9.17, 15) is 4.79 Å². The van der Waals surface area contributed by atoms with Crippen molar-refractivity contribution in [2.45, 2.75) is 51.4 Å². The Morgan fingerprint density at radius 1 is 1.44 bits per heavy atom. The molecule has 0 saturated carbocycles. The Bertz CT molecular complexity index is 673. The maximum Gasteiger partial charge on any atom is 0.287 e. The van der Waals surface area contributed by atoms with Crippen molar-refractivity contribution < 1.29 is 18.7 Å². The van der Waals surface area contributed by atoms with E-state index in [2.05, 4.69) is 24.1 Å². The Morgan fingerprint density at radius 3 is 3.07 bits per heavy atom. The normalized spacial score (nSPS) is 32.4. The molecule has 0 aromatic carbocycles. The largest absolute Gasteiger partial charge is 0.453 e. The van der Waals surface area contributed by atoms with Crippen LogP contribution in [0.15, 0.2) is 16.5 Å². The van der Waals surface area contributed by atoms with Gasteiger partial charge in [-0.05, 0) is 43.9 Å². The van der Waals surface area contributed by atoms with Gasteiger partial charge in [0.1, 0.15) is 12.4 Å². The highest BCUT2D eigenvalue weighted by Gasteiger charge is 2.62. The number of rotatable bonds is 8. The van der Waals surface area contributed by atoms with Gasteiger partial charge in [-0.1, -0.05) is 13.8 Å². The van der Waals surface area contributed by atoms with Crippen molar-refractivity contribution in [3.8, 4) is 0 Å². The first-order valence-corrected chi connectivity index (χ1v) is 10.3. The second-order valence-electron chi connectivity index (χ2n) is 8.86. The second kappa shape index (κ2) is 7.57. The lowest BCUT2D eigenvalue weighted by atomic mass is 9.73. The minimum Gasteiger partial charge on any atom is -0.453 e. The molecule has 150 valence electrons. The molecule has 6 nitrogen and oxygen atoms in total. The minimum atomic E-state index is -0.149. The van der Waals surface area contributed by atoms with Gasteiger partial charge in [-0.2, -0.15) is 0 Å². The van der Waals surface area contributed by atoms with Crippen LogP contribution in [0.1, 0.15) is 49.4 Å². The van der Waals surface area contributed by atoms with Crippen LogP contribution in [0.5, 0.6) is 0 Å². The summed E-state index contributed by atoms with van der Waals surface area (Å²) in [4.78, 5) is 15.0. The highest BCUT2D eigenvalue weighted by Crippen LogP contribution is 2.54. The number of hydrogen-bond acceptors (Lipinski definition) is 5. The monoisotopic (exact) mass is 376 g/mol. The van der Waals surface area contributed by atoms with E-state index in [4.69, 9.17) is 13.9 Å². The predicted molar refractivity (Wildman–Crippen MR) is 101 cm³/mol. The maximum absolute atomic E-state index is 12.5. The maximum atomic E-state index is 12.5. The molecule has 1 aromatic rings. The lowest BCUT2D eigenvalue weighted by Crippen LogP contribution is -2.41. The molecule has 0 unspecified atom stereocenters. The summed E-state index contributed by atoms with van der Waals surface area (Å²) < 4.78 is 17.1. The first-order valence-electron chi connectivity index (χ1n) is 10.3. The van der Waals surface area contributed by atoms with Crippen LogP contribution in [0.3, 0.4) is 0 Å². The molecule has 0 radical (unpaired) electrons. The Hall–Kier alpha value is -1.37. The molecule has 4 atom stereocenters.